The number of benzene rings is 1. The highest BCUT2D eigenvalue weighted by Gasteiger charge is 2.33. The predicted octanol–water partition coefficient (Wildman–Crippen LogP) is 4.98. The molecule has 0 saturated heterocycles. The average molecular weight is 499 g/mol. The number of carbonyl (C=O) groups excluding carboxylic acids is 1. The van der Waals surface area contributed by atoms with Crippen LogP contribution in [0.3, 0.4) is 0 Å². The summed E-state index contributed by atoms with van der Waals surface area (Å²) >= 11 is 13.4. The minimum absolute atomic E-state index is 0.186. The predicted molar refractivity (Wildman–Crippen MR) is 127 cm³/mol. The molecule has 3 aromatic heterocycles. The van der Waals surface area contributed by atoms with Crippen molar-refractivity contribution in [3.05, 3.63) is 101 Å². The number of ketones is 1. The molecule has 1 aliphatic rings. The molecule has 0 aliphatic carbocycles. The van der Waals surface area contributed by atoms with Crippen molar-refractivity contribution in [2.75, 3.05) is 0 Å². The Kier molecular flexibility index (Phi) is 5.48. The Morgan fingerprint density at radius 1 is 1.18 bits per heavy atom. The number of nitrogens with zero attached hydrogens (tertiary/aromatic N) is 2. The quantitative estimate of drug-likeness (QED) is 0.397. The monoisotopic (exact) mass is 498 g/mol. The maximum Gasteiger partial charge on any atom is 0.271 e. The molecule has 0 N–H and O–H groups in total. The van der Waals surface area contributed by atoms with Crippen molar-refractivity contribution in [1.82, 2.24) is 4.57 Å². The fourth-order valence-electron chi connectivity index (χ4n) is 3.85. The van der Waals surface area contributed by atoms with Crippen LogP contribution in [0.5, 0.6) is 0 Å². The van der Waals surface area contributed by atoms with Crippen LogP contribution in [0.25, 0.3) is 17.4 Å². The number of hydrogen-bond donors (Lipinski definition) is 0. The van der Waals surface area contributed by atoms with Crippen LogP contribution < -0.4 is 14.9 Å². The standard InChI is InChI=1S/C24H16Cl2N2O4S/c1-12-21(13(2)29)22(19-8-7-18(32-19)14-5-6-16(25)17(26)10-14)28-23(30)20(33-24(28)27-12)11-15-4-3-9-31-15/h3-11,22H,1-2H3/b20-11+/t22-/m0/s1. The Morgan fingerprint density at radius 2 is 2.00 bits per heavy atom. The van der Waals surface area contributed by atoms with Gasteiger partial charge in [0.25, 0.3) is 5.56 Å². The summed E-state index contributed by atoms with van der Waals surface area (Å²) in [4.78, 5) is 31.0. The van der Waals surface area contributed by atoms with Gasteiger partial charge in [0.1, 0.15) is 23.3 Å². The third kappa shape index (κ3) is 3.82. The molecule has 33 heavy (non-hydrogen) atoms. The number of carbonyl (C=O) groups is 1. The van der Waals surface area contributed by atoms with E-state index in [1.54, 1.807) is 55.5 Å². The van der Waals surface area contributed by atoms with E-state index in [9.17, 15) is 9.59 Å². The third-order valence-electron chi connectivity index (χ3n) is 5.32. The molecule has 0 saturated carbocycles. The minimum atomic E-state index is -0.742. The zero-order valence-electron chi connectivity index (χ0n) is 17.5. The van der Waals surface area contributed by atoms with E-state index >= 15 is 0 Å². The summed E-state index contributed by atoms with van der Waals surface area (Å²) in [6.45, 7) is 3.22. The zero-order chi connectivity index (χ0) is 23.3. The Labute approximate surface area is 201 Å². The van der Waals surface area contributed by atoms with E-state index in [0.29, 0.717) is 47.9 Å². The van der Waals surface area contributed by atoms with E-state index in [-0.39, 0.29) is 11.3 Å². The third-order valence-corrected chi connectivity index (χ3v) is 7.04. The first-order valence-electron chi connectivity index (χ1n) is 9.95. The van der Waals surface area contributed by atoms with Crippen LogP contribution in [0.1, 0.15) is 31.4 Å². The molecule has 9 heteroatoms. The largest absolute Gasteiger partial charge is 0.465 e. The number of hydrogen-bond acceptors (Lipinski definition) is 6. The van der Waals surface area contributed by atoms with Crippen LogP contribution in [-0.2, 0) is 4.79 Å². The van der Waals surface area contributed by atoms with Gasteiger partial charge in [0.2, 0.25) is 0 Å². The van der Waals surface area contributed by atoms with E-state index in [2.05, 4.69) is 4.99 Å². The molecule has 5 rings (SSSR count). The van der Waals surface area contributed by atoms with Crippen LogP contribution in [-0.4, -0.2) is 10.4 Å². The molecule has 0 bridgehead atoms. The zero-order valence-corrected chi connectivity index (χ0v) is 19.8. The second-order valence-electron chi connectivity index (χ2n) is 7.48. The van der Waals surface area contributed by atoms with E-state index in [4.69, 9.17) is 32.0 Å². The fraction of sp³-hybridized carbons (Fsp3) is 0.125. The number of allylic oxidation sites excluding steroid dienone is 2. The number of furan rings is 2. The topological polar surface area (TPSA) is 77.7 Å². The summed E-state index contributed by atoms with van der Waals surface area (Å²) in [6.07, 6.45) is 3.20. The number of Topliss-reactive ketones (excluding diaryl/α,β-unsaturated/α-hetero) is 1. The minimum Gasteiger partial charge on any atom is -0.465 e. The van der Waals surface area contributed by atoms with Crippen molar-refractivity contribution in [2.45, 2.75) is 19.9 Å². The smallest absolute Gasteiger partial charge is 0.271 e. The van der Waals surface area contributed by atoms with Crippen LogP contribution >= 0.6 is 34.5 Å². The Bertz CT molecular complexity index is 1610. The lowest BCUT2D eigenvalue weighted by Crippen LogP contribution is -2.39. The molecule has 0 unspecified atom stereocenters. The molecule has 4 aromatic rings. The van der Waals surface area contributed by atoms with E-state index in [1.165, 1.54) is 29.1 Å². The van der Waals surface area contributed by atoms with Crippen LogP contribution in [0, 0.1) is 0 Å². The molecule has 0 radical (unpaired) electrons. The Morgan fingerprint density at radius 3 is 2.70 bits per heavy atom. The number of halogens is 2. The molecule has 166 valence electrons. The van der Waals surface area contributed by atoms with Gasteiger partial charge in [0.15, 0.2) is 10.6 Å². The van der Waals surface area contributed by atoms with Crippen LogP contribution in [0.2, 0.25) is 10.0 Å². The summed E-state index contributed by atoms with van der Waals surface area (Å²) in [7, 11) is 0. The van der Waals surface area contributed by atoms with Crippen molar-refractivity contribution >= 4 is 46.4 Å². The molecule has 1 aromatic carbocycles. The van der Waals surface area contributed by atoms with E-state index in [0.717, 1.165) is 5.56 Å². The Balaban J connectivity index is 1.69. The van der Waals surface area contributed by atoms with Crippen molar-refractivity contribution in [2.24, 2.45) is 4.99 Å². The molecule has 0 amide bonds. The van der Waals surface area contributed by atoms with Crippen molar-refractivity contribution in [3.8, 4) is 11.3 Å². The molecule has 0 fully saturated rings. The molecule has 1 aliphatic heterocycles. The number of fused-ring (bicyclic) bond motifs is 1. The molecule has 6 nitrogen and oxygen atoms in total. The summed E-state index contributed by atoms with van der Waals surface area (Å²) < 4.78 is 13.4. The normalized spacial score (nSPS) is 16.1. The average Bonchev–Trinajstić information content (AvgIpc) is 3.51. The fourth-order valence-corrected chi connectivity index (χ4v) is 5.17. The van der Waals surface area contributed by atoms with Gasteiger partial charge in [-0.3, -0.25) is 14.2 Å². The second-order valence-corrected chi connectivity index (χ2v) is 9.31. The van der Waals surface area contributed by atoms with Gasteiger partial charge < -0.3 is 8.83 Å². The van der Waals surface area contributed by atoms with Crippen molar-refractivity contribution < 1.29 is 13.6 Å². The van der Waals surface area contributed by atoms with Crippen LogP contribution in [0.4, 0.5) is 0 Å². The highest BCUT2D eigenvalue weighted by molar-refractivity contribution is 7.07. The summed E-state index contributed by atoms with van der Waals surface area (Å²) in [5.41, 5.74) is 1.40. The van der Waals surface area contributed by atoms with Crippen molar-refractivity contribution in [1.29, 1.82) is 0 Å². The maximum atomic E-state index is 13.4. The molecule has 0 spiro atoms. The highest BCUT2D eigenvalue weighted by atomic mass is 35.5. The molecular weight excluding hydrogens is 483 g/mol. The summed E-state index contributed by atoms with van der Waals surface area (Å²) in [5.74, 6) is 1.35. The number of rotatable bonds is 4. The lowest BCUT2D eigenvalue weighted by Gasteiger charge is -2.22. The summed E-state index contributed by atoms with van der Waals surface area (Å²) in [6, 6.07) is 11.5. The molecular formula is C24H16Cl2N2O4S. The molecule has 1 atom stereocenters. The van der Waals surface area contributed by atoms with E-state index < -0.39 is 6.04 Å². The van der Waals surface area contributed by atoms with Crippen LogP contribution in [0.15, 0.2) is 78.6 Å². The first-order chi connectivity index (χ1) is 15.8. The second kappa shape index (κ2) is 8.33. The van der Waals surface area contributed by atoms with Gasteiger partial charge >= 0.3 is 0 Å². The SMILES string of the molecule is CC(=O)C1=C(C)N=c2s/c(=C/c3ccco3)c(=O)n2[C@H]1c1ccc(-c2ccc(Cl)c(Cl)c2)o1. The lowest BCUT2D eigenvalue weighted by molar-refractivity contribution is -0.114. The van der Waals surface area contributed by atoms with E-state index in [1.807, 2.05) is 0 Å². The highest BCUT2D eigenvalue weighted by Crippen LogP contribution is 2.35. The maximum absolute atomic E-state index is 13.4. The first kappa shape index (κ1) is 21.7. The van der Waals surface area contributed by atoms with Gasteiger partial charge in [0, 0.05) is 22.9 Å². The van der Waals surface area contributed by atoms with Gasteiger partial charge in [-0.15, -0.1) is 0 Å². The first-order valence-corrected chi connectivity index (χ1v) is 11.5. The Hall–Kier alpha value is -3.13. The van der Waals surface area contributed by atoms with Gasteiger partial charge in [-0.1, -0.05) is 34.5 Å². The van der Waals surface area contributed by atoms with Gasteiger partial charge in [0.05, 0.1) is 20.8 Å². The van der Waals surface area contributed by atoms with Gasteiger partial charge in [-0.25, -0.2) is 4.99 Å². The number of aromatic nitrogens is 1. The van der Waals surface area contributed by atoms with Gasteiger partial charge in [-0.2, -0.15) is 0 Å². The number of thiazole rings is 1. The summed E-state index contributed by atoms with van der Waals surface area (Å²) in [5, 5.41) is 0.839. The van der Waals surface area contributed by atoms with Gasteiger partial charge in [-0.05, 0) is 56.3 Å². The lowest BCUT2D eigenvalue weighted by atomic mass is 9.98. The molecule has 4 heterocycles. The van der Waals surface area contributed by atoms with Crippen molar-refractivity contribution in [3.63, 3.8) is 0 Å².